The SMILES string of the molecule is Cc1nc2ccc(Cl)cc2cc1NC(=O)c1ccn[nH]1. The van der Waals surface area contributed by atoms with Crippen molar-refractivity contribution < 1.29 is 4.79 Å². The minimum absolute atomic E-state index is 0.256. The van der Waals surface area contributed by atoms with E-state index >= 15 is 0 Å². The number of nitrogens with zero attached hydrogens (tertiary/aromatic N) is 2. The highest BCUT2D eigenvalue weighted by Gasteiger charge is 2.10. The van der Waals surface area contributed by atoms with Gasteiger partial charge in [-0.3, -0.25) is 14.9 Å². The van der Waals surface area contributed by atoms with Gasteiger partial charge in [0.2, 0.25) is 0 Å². The largest absolute Gasteiger partial charge is 0.319 e. The second-order valence-electron chi connectivity index (χ2n) is 4.38. The normalized spacial score (nSPS) is 10.7. The zero-order valence-corrected chi connectivity index (χ0v) is 11.4. The lowest BCUT2D eigenvalue weighted by Gasteiger charge is -2.08. The van der Waals surface area contributed by atoms with Crippen LogP contribution in [0.4, 0.5) is 5.69 Å². The Labute approximate surface area is 120 Å². The number of hydrogen-bond donors (Lipinski definition) is 2. The fourth-order valence-corrected chi connectivity index (χ4v) is 2.12. The van der Waals surface area contributed by atoms with Crippen molar-refractivity contribution >= 4 is 34.1 Å². The van der Waals surface area contributed by atoms with Gasteiger partial charge in [-0.05, 0) is 37.3 Å². The van der Waals surface area contributed by atoms with Crippen LogP contribution < -0.4 is 5.32 Å². The highest BCUT2D eigenvalue weighted by molar-refractivity contribution is 6.31. The number of nitrogens with one attached hydrogen (secondary N) is 2. The topological polar surface area (TPSA) is 70.7 Å². The number of carbonyl (C=O) groups excluding carboxylic acids is 1. The molecule has 0 aliphatic heterocycles. The summed E-state index contributed by atoms with van der Waals surface area (Å²) in [7, 11) is 0. The number of aromatic nitrogens is 3. The van der Waals surface area contributed by atoms with Crippen LogP contribution in [0.1, 0.15) is 16.2 Å². The molecule has 0 aliphatic rings. The summed E-state index contributed by atoms with van der Waals surface area (Å²) >= 11 is 5.97. The van der Waals surface area contributed by atoms with E-state index in [2.05, 4.69) is 20.5 Å². The molecule has 6 heteroatoms. The van der Waals surface area contributed by atoms with Crippen molar-refractivity contribution in [3.8, 4) is 0 Å². The van der Waals surface area contributed by atoms with E-state index in [1.807, 2.05) is 25.1 Å². The smallest absolute Gasteiger partial charge is 0.273 e. The predicted molar refractivity (Wildman–Crippen MR) is 78.0 cm³/mol. The summed E-state index contributed by atoms with van der Waals surface area (Å²) in [6.45, 7) is 1.84. The summed E-state index contributed by atoms with van der Waals surface area (Å²) in [6, 6.07) is 8.92. The molecule has 20 heavy (non-hydrogen) atoms. The first-order valence-corrected chi connectivity index (χ1v) is 6.39. The summed E-state index contributed by atoms with van der Waals surface area (Å²) in [5, 5.41) is 10.7. The molecule has 100 valence electrons. The highest BCUT2D eigenvalue weighted by Crippen LogP contribution is 2.23. The number of fused-ring (bicyclic) bond motifs is 1. The molecule has 0 bridgehead atoms. The number of aryl methyl sites for hydroxylation is 1. The van der Waals surface area contributed by atoms with Crippen molar-refractivity contribution in [2.24, 2.45) is 0 Å². The Bertz CT molecular complexity index is 783. The van der Waals surface area contributed by atoms with Gasteiger partial charge in [-0.2, -0.15) is 5.10 Å². The van der Waals surface area contributed by atoms with Crippen molar-refractivity contribution in [2.75, 3.05) is 5.32 Å². The Kier molecular flexibility index (Phi) is 3.12. The highest BCUT2D eigenvalue weighted by atomic mass is 35.5. The molecule has 0 radical (unpaired) electrons. The number of amides is 1. The van der Waals surface area contributed by atoms with Crippen LogP contribution in [-0.2, 0) is 0 Å². The maximum absolute atomic E-state index is 12.0. The van der Waals surface area contributed by atoms with E-state index in [1.165, 1.54) is 6.20 Å². The zero-order valence-electron chi connectivity index (χ0n) is 10.6. The number of benzene rings is 1. The number of rotatable bonds is 2. The maximum atomic E-state index is 12.0. The lowest BCUT2D eigenvalue weighted by molar-refractivity contribution is 0.102. The molecule has 0 unspecified atom stereocenters. The van der Waals surface area contributed by atoms with E-state index in [1.54, 1.807) is 12.1 Å². The van der Waals surface area contributed by atoms with E-state index in [-0.39, 0.29) is 5.91 Å². The Balaban J connectivity index is 1.99. The van der Waals surface area contributed by atoms with Gasteiger partial charge in [0.05, 0.1) is 16.9 Å². The first kappa shape index (κ1) is 12.6. The Hall–Kier alpha value is -2.40. The molecular weight excluding hydrogens is 276 g/mol. The van der Waals surface area contributed by atoms with Crippen molar-refractivity contribution in [3.63, 3.8) is 0 Å². The molecule has 5 nitrogen and oxygen atoms in total. The van der Waals surface area contributed by atoms with Crippen molar-refractivity contribution in [2.45, 2.75) is 6.92 Å². The molecule has 0 atom stereocenters. The number of aromatic amines is 1. The van der Waals surface area contributed by atoms with Gasteiger partial charge in [-0.15, -0.1) is 0 Å². The van der Waals surface area contributed by atoms with Gasteiger partial charge in [0.15, 0.2) is 0 Å². The van der Waals surface area contributed by atoms with E-state index < -0.39 is 0 Å². The number of pyridine rings is 1. The number of anilines is 1. The fraction of sp³-hybridized carbons (Fsp3) is 0.0714. The van der Waals surface area contributed by atoms with Gasteiger partial charge in [0.25, 0.3) is 5.91 Å². The number of halogens is 1. The Morgan fingerprint density at radius 1 is 1.30 bits per heavy atom. The van der Waals surface area contributed by atoms with Crippen molar-refractivity contribution in [1.82, 2.24) is 15.2 Å². The Morgan fingerprint density at radius 3 is 2.90 bits per heavy atom. The molecule has 0 saturated heterocycles. The molecule has 1 aromatic carbocycles. The van der Waals surface area contributed by atoms with Crippen LogP contribution in [0.5, 0.6) is 0 Å². The maximum Gasteiger partial charge on any atom is 0.273 e. The number of H-pyrrole nitrogens is 1. The minimum atomic E-state index is -0.256. The molecule has 0 saturated carbocycles. The molecule has 2 aromatic heterocycles. The number of carbonyl (C=O) groups is 1. The van der Waals surface area contributed by atoms with E-state index in [0.717, 1.165) is 16.6 Å². The lowest BCUT2D eigenvalue weighted by atomic mass is 10.1. The van der Waals surface area contributed by atoms with Crippen LogP contribution in [0.25, 0.3) is 10.9 Å². The first-order chi connectivity index (χ1) is 9.63. The van der Waals surface area contributed by atoms with Gasteiger partial charge in [0.1, 0.15) is 5.69 Å². The first-order valence-electron chi connectivity index (χ1n) is 6.01. The number of hydrogen-bond acceptors (Lipinski definition) is 3. The third-order valence-corrected chi connectivity index (χ3v) is 3.20. The summed E-state index contributed by atoms with van der Waals surface area (Å²) in [5.41, 5.74) is 2.63. The monoisotopic (exact) mass is 286 g/mol. The van der Waals surface area contributed by atoms with Crippen molar-refractivity contribution in [1.29, 1.82) is 0 Å². The molecule has 2 heterocycles. The molecule has 0 aliphatic carbocycles. The van der Waals surface area contributed by atoms with Gasteiger partial charge in [-0.1, -0.05) is 11.6 Å². The third-order valence-electron chi connectivity index (χ3n) is 2.96. The van der Waals surface area contributed by atoms with E-state index in [0.29, 0.717) is 16.4 Å². The van der Waals surface area contributed by atoms with Crippen LogP contribution in [0.2, 0.25) is 5.02 Å². The second-order valence-corrected chi connectivity index (χ2v) is 4.82. The average Bonchev–Trinajstić information content (AvgIpc) is 2.94. The molecular formula is C14H11ClN4O. The Morgan fingerprint density at radius 2 is 2.15 bits per heavy atom. The van der Waals surface area contributed by atoms with Crippen LogP contribution in [-0.4, -0.2) is 21.1 Å². The second kappa shape index (κ2) is 4.94. The molecule has 1 amide bonds. The predicted octanol–water partition coefficient (Wildman–Crippen LogP) is 3.17. The van der Waals surface area contributed by atoms with Crippen molar-refractivity contribution in [3.05, 3.63) is 52.9 Å². The quantitative estimate of drug-likeness (QED) is 0.760. The summed E-state index contributed by atoms with van der Waals surface area (Å²) in [5.74, 6) is -0.256. The fourth-order valence-electron chi connectivity index (χ4n) is 1.94. The standard InChI is InChI=1S/C14H11ClN4O/c1-8-13(18-14(20)12-4-5-16-19-12)7-9-6-10(15)2-3-11(9)17-8/h2-7H,1H3,(H,16,19)(H,18,20). The molecule has 0 fully saturated rings. The van der Waals surface area contributed by atoms with E-state index in [9.17, 15) is 4.79 Å². The summed E-state index contributed by atoms with van der Waals surface area (Å²) in [4.78, 5) is 16.4. The van der Waals surface area contributed by atoms with Crippen LogP contribution in [0.3, 0.4) is 0 Å². The summed E-state index contributed by atoms with van der Waals surface area (Å²) < 4.78 is 0. The third kappa shape index (κ3) is 2.35. The van der Waals surface area contributed by atoms with Crippen LogP contribution >= 0.6 is 11.6 Å². The molecule has 3 rings (SSSR count). The van der Waals surface area contributed by atoms with Gasteiger partial charge in [0, 0.05) is 16.6 Å². The van der Waals surface area contributed by atoms with Gasteiger partial charge < -0.3 is 5.32 Å². The van der Waals surface area contributed by atoms with Gasteiger partial charge in [-0.25, -0.2) is 0 Å². The van der Waals surface area contributed by atoms with Gasteiger partial charge >= 0.3 is 0 Å². The van der Waals surface area contributed by atoms with E-state index in [4.69, 9.17) is 11.6 Å². The zero-order chi connectivity index (χ0) is 14.1. The van der Waals surface area contributed by atoms with Crippen LogP contribution in [0.15, 0.2) is 36.5 Å². The molecule has 3 aromatic rings. The molecule has 0 spiro atoms. The van der Waals surface area contributed by atoms with Crippen LogP contribution in [0, 0.1) is 6.92 Å². The molecule has 2 N–H and O–H groups in total. The minimum Gasteiger partial charge on any atom is -0.319 e. The lowest BCUT2D eigenvalue weighted by Crippen LogP contribution is -2.13. The summed E-state index contributed by atoms with van der Waals surface area (Å²) in [6.07, 6.45) is 1.53. The average molecular weight is 287 g/mol.